The summed E-state index contributed by atoms with van der Waals surface area (Å²) >= 11 is 11.9. The standard InChI is InChI=1S/C18H13Cl2N3O5/c1-27-13-4-3-10(16(8-13)28-2)5-11(9-21)18(24)22-17-14(19)6-12(23(25)26)7-15(17)20/h3-8H,1-2H3,(H,22,24)/b11-5+. The van der Waals surface area contributed by atoms with E-state index in [1.54, 1.807) is 24.3 Å². The number of nitrogens with one attached hydrogen (secondary N) is 1. The van der Waals surface area contributed by atoms with Crippen molar-refractivity contribution in [2.45, 2.75) is 0 Å². The number of nitro benzene ring substituents is 1. The molecule has 0 spiro atoms. The summed E-state index contributed by atoms with van der Waals surface area (Å²) in [5, 5.41) is 22.3. The van der Waals surface area contributed by atoms with Gasteiger partial charge in [-0.2, -0.15) is 5.26 Å². The molecule has 28 heavy (non-hydrogen) atoms. The zero-order valence-electron chi connectivity index (χ0n) is 14.7. The number of anilines is 1. The van der Waals surface area contributed by atoms with Gasteiger partial charge in [0.25, 0.3) is 11.6 Å². The largest absolute Gasteiger partial charge is 0.497 e. The highest BCUT2D eigenvalue weighted by atomic mass is 35.5. The van der Waals surface area contributed by atoms with Crippen LogP contribution in [0, 0.1) is 21.4 Å². The van der Waals surface area contributed by atoms with Gasteiger partial charge in [0.1, 0.15) is 23.1 Å². The van der Waals surface area contributed by atoms with E-state index >= 15 is 0 Å². The number of hydrogen-bond donors (Lipinski definition) is 1. The van der Waals surface area contributed by atoms with E-state index in [9.17, 15) is 20.2 Å². The number of nitro groups is 1. The minimum Gasteiger partial charge on any atom is -0.497 e. The number of nitriles is 1. The van der Waals surface area contributed by atoms with Gasteiger partial charge in [-0.1, -0.05) is 23.2 Å². The number of methoxy groups -OCH3 is 2. The van der Waals surface area contributed by atoms with Gasteiger partial charge in [-0.15, -0.1) is 0 Å². The molecule has 2 rings (SSSR count). The number of carbonyl (C=O) groups excluding carboxylic acids is 1. The molecule has 0 radical (unpaired) electrons. The molecule has 2 aromatic rings. The summed E-state index contributed by atoms with van der Waals surface area (Å²) in [5.74, 6) is 0.144. The van der Waals surface area contributed by atoms with Gasteiger partial charge in [-0.3, -0.25) is 14.9 Å². The lowest BCUT2D eigenvalue weighted by Gasteiger charge is -2.10. The smallest absolute Gasteiger partial charge is 0.272 e. The molecule has 0 bridgehead atoms. The van der Waals surface area contributed by atoms with Gasteiger partial charge in [0.2, 0.25) is 0 Å². The Morgan fingerprint density at radius 2 is 1.86 bits per heavy atom. The summed E-state index contributed by atoms with van der Waals surface area (Å²) < 4.78 is 10.3. The van der Waals surface area contributed by atoms with Crippen molar-refractivity contribution in [3.8, 4) is 17.6 Å². The van der Waals surface area contributed by atoms with Crippen LogP contribution in [0.1, 0.15) is 5.56 Å². The summed E-state index contributed by atoms with van der Waals surface area (Å²) in [4.78, 5) is 22.6. The summed E-state index contributed by atoms with van der Waals surface area (Å²) in [6.45, 7) is 0. The molecule has 0 fully saturated rings. The first-order valence-corrected chi connectivity index (χ1v) is 8.35. The van der Waals surface area contributed by atoms with Crippen molar-refractivity contribution in [1.82, 2.24) is 0 Å². The van der Waals surface area contributed by atoms with Crippen LogP contribution in [-0.2, 0) is 4.79 Å². The van der Waals surface area contributed by atoms with Crippen LogP contribution in [0.3, 0.4) is 0 Å². The number of benzene rings is 2. The van der Waals surface area contributed by atoms with Crippen molar-refractivity contribution in [1.29, 1.82) is 5.26 Å². The molecule has 0 aromatic heterocycles. The Kier molecular flexibility index (Phi) is 6.82. The maximum atomic E-state index is 12.5. The molecule has 8 nitrogen and oxygen atoms in total. The van der Waals surface area contributed by atoms with Crippen molar-refractivity contribution in [3.63, 3.8) is 0 Å². The maximum absolute atomic E-state index is 12.5. The number of halogens is 2. The van der Waals surface area contributed by atoms with E-state index in [1.165, 1.54) is 20.3 Å². The number of nitrogens with zero attached hydrogens (tertiary/aromatic N) is 2. The van der Waals surface area contributed by atoms with Gasteiger partial charge >= 0.3 is 0 Å². The van der Waals surface area contributed by atoms with Crippen LogP contribution in [0.15, 0.2) is 35.9 Å². The van der Waals surface area contributed by atoms with Crippen LogP contribution < -0.4 is 14.8 Å². The highest BCUT2D eigenvalue weighted by molar-refractivity contribution is 6.40. The number of carbonyl (C=O) groups is 1. The summed E-state index contributed by atoms with van der Waals surface area (Å²) in [6.07, 6.45) is 1.32. The Hall–Kier alpha value is -3.28. The van der Waals surface area contributed by atoms with Gasteiger partial charge < -0.3 is 14.8 Å². The van der Waals surface area contributed by atoms with Gasteiger partial charge in [-0.25, -0.2) is 0 Å². The van der Waals surface area contributed by atoms with E-state index < -0.39 is 10.8 Å². The quantitative estimate of drug-likeness (QED) is 0.318. The van der Waals surface area contributed by atoms with Crippen molar-refractivity contribution in [2.75, 3.05) is 19.5 Å². The summed E-state index contributed by atoms with van der Waals surface area (Å²) in [6, 6.07) is 8.74. The Morgan fingerprint density at radius 1 is 1.21 bits per heavy atom. The molecule has 2 aromatic carbocycles. The Bertz CT molecular complexity index is 992. The van der Waals surface area contributed by atoms with Gasteiger partial charge in [0.05, 0.1) is 34.9 Å². The Labute approximate surface area is 170 Å². The molecule has 0 saturated heterocycles. The average Bonchev–Trinajstić information content (AvgIpc) is 2.68. The fourth-order valence-corrected chi connectivity index (χ4v) is 2.78. The lowest BCUT2D eigenvalue weighted by molar-refractivity contribution is -0.384. The predicted molar refractivity (Wildman–Crippen MR) is 105 cm³/mol. The molecule has 144 valence electrons. The topological polar surface area (TPSA) is 114 Å². The minimum absolute atomic E-state index is 0.0400. The Morgan fingerprint density at radius 3 is 2.36 bits per heavy atom. The zero-order chi connectivity index (χ0) is 20.8. The number of amides is 1. The average molecular weight is 422 g/mol. The molecule has 0 aliphatic rings. The number of hydrogen-bond acceptors (Lipinski definition) is 6. The van der Waals surface area contributed by atoms with Crippen LogP contribution in [0.4, 0.5) is 11.4 Å². The molecule has 0 atom stereocenters. The molecule has 0 unspecified atom stereocenters. The first-order chi connectivity index (χ1) is 13.3. The first kappa shape index (κ1) is 21.0. The van der Waals surface area contributed by atoms with Gasteiger partial charge in [0.15, 0.2) is 0 Å². The Balaban J connectivity index is 2.36. The van der Waals surface area contributed by atoms with E-state index in [-0.39, 0.29) is 27.0 Å². The third-order valence-electron chi connectivity index (χ3n) is 3.58. The normalized spacial score (nSPS) is 10.8. The fraction of sp³-hybridized carbons (Fsp3) is 0.111. The zero-order valence-corrected chi connectivity index (χ0v) is 16.2. The van der Waals surface area contributed by atoms with E-state index in [0.29, 0.717) is 17.1 Å². The summed E-state index contributed by atoms with van der Waals surface area (Å²) in [5.41, 5.74) is -0.154. The lowest BCUT2D eigenvalue weighted by atomic mass is 10.1. The van der Waals surface area contributed by atoms with Crippen LogP contribution in [0.2, 0.25) is 10.0 Å². The third kappa shape index (κ3) is 4.71. The predicted octanol–water partition coefficient (Wildman–Crippen LogP) is 4.46. The van der Waals surface area contributed by atoms with Gasteiger partial charge in [0, 0.05) is 23.8 Å². The van der Waals surface area contributed by atoms with Crippen molar-refractivity contribution in [3.05, 3.63) is 61.6 Å². The molecule has 0 heterocycles. The van der Waals surface area contributed by atoms with E-state index in [2.05, 4.69) is 5.32 Å². The first-order valence-electron chi connectivity index (χ1n) is 7.59. The van der Waals surface area contributed by atoms with E-state index in [1.807, 2.05) is 0 Å². The van der Waals surface area contributed by atoms with Crippen LogP contribution in [0.25, 0.3) is 6.08 Å². The molecule has 1 amide bonds. The SMILES string of the molecule is COc1ccc(/C=C(\C#N)C(=O)Nc2c(Cl)cc([N+](=O)[O-])cc2Cl)c(OC)c1. The molecular weight excluding hydrogens is 409 g/mol. The number of rotatable bonds is 6. The molecule has 0 aliphatic heterocycles. The minimum atomic E-state index is -0.793. The number of ether oxygens (including phenoxy) is 2. The maximum Gasteiger partial charge on any atom is 0.272 e. The van der Waals surface area contributed by atoms with E-state index in [0.717, 1.165) is 12.1 Å². The van der Waals surface area contributed by atoms with Crippen molar-refractivity contribution >= 4 is 46.6 Å². The third-order valence-corrected chi connectivity index (χ3v) is 4.18. The molecule has 0 aliphatic carbocycles. The van der Waals surface area contributed by atoms with Crippen molar-refractivity contribution < 1.29 is 19.2 Å². The number of non-ortho nitro benzene ring substituents is 1. The van der Waals surface area contributed by atoms with Crippen LogP contribution in [-0.4, -0.2) is 25.1 Å². The molecular formula is C18H13Cl2N3O5. The lowest BCUT2D eigenvalue weighted by Crippen LogP contribution is -2.14. The highest BCUT2D eigenvalue weighted by Gasteiger charge is 2.19. The second-order valence-corrected chi connectivity index (χ2v) is 6.09. The second kappa shape index (κ2) is 9.08. The monoisotopic (exact) mass is 421 g/mol. The van der Waals surface area contributed by atoms with Crippen molar-refractivity contribution in [2.24, 2.45) is 0 Å². The fourth-order valence-electron chi connectivity index (χ4n) is 2.21. The highest BCUT2D eigenvalue weighted by Crippen LogP contribution is 2.35. The van der Waals surface area contributed by atoms with Crippen LogP contribution >= 0.6 is 23.2 Å². The molecule has 10 heteroatoms. The second-order valence-electron chi connectivity index (χ2n) is 5.27. The van der Waals surface area contributed by atoms with Crippen LogP contribution in [0.5, 0.6) is 11.5 Å². The van der Waals surface area contributed by atoms with Gasteiger partial charge in [-0.05, 0) is 18.2 Å². The molecule has 1 N–H and O–H groups in total. The van der Waals surface area contributed by atoms with E-state index in [4.69, 9.17) is 32.7 Å². The summed E-state index contributed by atoms with van der Waals surface area (Å²) in [7, 11) is 2.94. The molecule has 0 saturated carbocycles.